The molecule has 1 heterocycles. The zero-order chi connectivity index (χ0) is 22.8. The number of benzene rings is 2. The fraction of sp³-hybridized carbons (Fsp3) is 0.292. The molecule has 0 unspecified atom stereocenters. The lowest BCUT2D eigenvalue weighted by molar-refractivity contribution is -0.123. The molecule has 1 atom stereocenters. The highest BCUT2D eigenvalue weighted by Gasteiger charge is 2.16. The maximum atomic E-state index is 12.3. The smallest absolute Gasteiger partial charge is 0.262 e. The summed E-state index contributed by atoms with van der Waals surface area (Å²) in [5.41, 5.74) is 1.53. The number of carbonyl (C=O) groups is 2. The molecule has 0 bridgehead atoms. The maximum absolute atomic E-state index is 12.3. The quantitative estimate of drug-likeness (QED) is 0.448. The summed E-state index contributed by atoms with van der Waals surface area (Å²) in [6.45, 7) is 1.42. The molecular formula is C24H24ClN3O4. The summed E-state index contributed by atoms with van der Waals surface area (Å²) in [5, 5.41) is 15.5. The van der Waals surface area contributed by atoms with Crippen molar-refractivity contribution in [2.75, 3.05) is 19.8 Å². The molecule has 2 amide bonds. The predicted molar refractivity (Wildman–Crippen MR) is 121 cm³/mol. The Kier molecular flexibility index (Phi) is 8.67. The van der Waals surface area contributed by atoms with Crippen LogP contribution in [0.2, 0.25) is 5.02 Å². The van der Waals surface area contributed by atoms with Gasteiger partial charge < -0.3 is 20.1 Å². The number of amides is 2. The van der Waals surface area contributed by atoms with Gasteiger partial charge in [0.2, 0.25) is 0 Å². The summed E-state index contributed by atoms with van der Waals surface area (Å²) in [4.78, 5) is 24.2. The molecule has 2 N–H and O–H groups in total. The number of carbonyl (C=O) groups excluding carboxylic acids is 2. The molecular weight excluding hydrogens is 430 g/mol. The van der Waals surface area contributed by atoms with Crippen LogP contribution in [0.15, 0.2) is 54.1 Å². The molecule has 1 aliphatic heterocycles. The second-order valence-electron chi connectivity index (χ2n) is 7.28. The summed E-state index contributed by atoms with van der Waals surface area (Å²) in [6, 6.07) is 15.8. The number of nitrogens with zero attached hydrogens (tertiary/aromatic N) is 1. The fourth-order valence-electron chi connectivity index (χ4n) is 3.09. The number of hydrogen-bond donors (Lipinski definition) is 2. The van der Waals surface area contributed by atoms with Gasteiger partial charge in [-0.25, -0.2) is 0 Å². The Morgan fingerprint density at radius 3 is 2.56 bits per heavy atom. The number of rotatable bonds is 9. The first-order valence-corrected chi connectivity index (χ1v) is 10.7. The molecule has 1 saturated heterocycles. The highest BCUT2D eigenvalue weighted by Crippen LogP contribution is 2.15. The minimum atomic E-state index is -0.467. The lowest BCUT2D eigenvalue weighted by atomic mass is 10.1. The van der Waals surface area contributed by atoms with Gasteiger partial charge in [0.15, 0.2) is 6.61 Å². The topological polar surface area (TPSA) is 100 Å². The van der Waals surface area contributed by atoms with Crippen LogP contribution in [0, 0.1) is 11.3 Å². The minimum absolute atomic E-state index is 0.0128. The summed E-state index contributed by atoms with van der Waals surface area (Å²) in [7, 11) is 0. The van der Waals surface area contributed by atoms with E-state index in [-0.39, 0.29) is 30.7 Å². The van der Waals surface area contributed by atoms with E-state index in [0.717, 1.165) is 25.0 Å². The molecule has 0 spiro atoms. The van der Waals surface area contributed by atoms with E-state index in [1.165, 1.54) is 6.08 Å². The molecule has 3 rings (SSSR count). The largest absolute Gasteiger partial charge is 0.484 e. The number of nitrogens with one attached hydrogen (secondary N) is 2. The third-order valence-corrected chi connectivity index (χ3v) is 5.10. The van der Waals surface area contributed by atoms with Crippen molar-refractivity contribution >= 4 is 29.5 Å². The van der Waals surface area contributed by atoms with Crippen molar-refractivity contribution in [3.8, 4) is 11.8 Å². The van der Waals surface area contributed by atoms with E-state index in [1.807, 2.05) is 6.07 Å². The van der Waals surface area contributed by atoms with E-state index in [9.17, 15) is 14.9 Å². The van der Waals surface area contributed by atoms with Gasteiger partial charge in [0.05, 0.1) is 6.10 Å². The monoisotopic (exact) mass is 453 g/mol. The normalized spacial score (nSPS) is 15.6. The van der Waals surface area contributed by atoms with Crippen LogP contribution >= 0.6 is 11.6 Å². The number of nitriles is 1. The van der Waals surface area contributed by atoms with Gasteiger partial charge in [-0.3, -0.25) is 9.59 Å². The molecule has 2 aromatic rings. The number of ether oxygens (including phenoxy) is 2. The van der Waals surface area contributed by atoms with Crippen molar-refractivity contribution in [3.05, 3.63) is 70.3 Å². The Morgan fingerprint density at radius 1 is 1.16 bits per heavy atom. The predicted octanol–water partition coefficient (Wildman–Crippen LogP) is 3.24. The minimum Gasteiger partial charge on any atom is -0.484 e. The molecule has 0 aromatic heterocycles. The van der Waals surface area contributed by atoms with Crippen molar-refractivity contribution in [1.29, 1.82) is 5.26 Å². The molecule has 0 saturated carbocycles. The molecule has 8 heteroatoms. The first-order chi connectivity index (χ1) is 15.5. The third-order valence-electron chi connectivity index (χ3n) is 4.84. The summed E-state index contributed by atoms with van der Waals surface area (Å²) in [6.07, 6.45) is 3.56. The Balaban J connectivity index is 1.47. The van der Waals surface area contributed by atoms with Gasteiger partial charge in [0.25, 0.3) is 11.8 Å². The van der Waals surface area contributed by atoms with Crippen molar-refractivity contribution in [2.24, 2.45) is 0 Å². The van der Waals surface area contributed by atoms with E-state index in [1.54, 1.807) is 48.5 Å². The van der Waals surface area contributed by atoms with Crippen molar-refractivity contribution in [3.63, 3.8) is 0 Å². The van der Waals surface area contributed by atoms with Crippen LogP contribution in [-0.4, -0.2) is 37.7 Å². The zero-order valence-electron chi connectivity index (χ0n) is 17.5. The Morgan fingerprint density at radius 2 is 1.91 bits per heavy atom. The summed E-state index contributed by atoms with van der Waals surface area (Å²) < 4.78 is 10.9. The maximum Gasteiger partial charge on any atom is 0.262 e. The van der Waals surface area contributed by atoms with Crippen LogP contribution in [0.4, 0.5) is 0 Å². The van der Waals surface area contributed by atoms with E-state index in [4.69, 9.17) is 21.1 Å². The highest BCUT2D eigenvalue weighted by molar-refractivity contribution is 6.30. The zero-order valence-corrected chi connectivity index (χ0v) is 18.2. The lowest BCUT2D eigenvalue weighted by Gasteiger charge is -2.11. The molecule has 1 fully saturated rings. The Labute approximate surface area is 192 Å². The molecule has 166 valence electrons. The second kappa shape index (κ2) is 11.9. The van der Waals surface area contributed by atoms with Gasteiger partial charge in [-0.15, -0.1) is 0 Å². The molecule has 32 heavy (non-hydrogen) atoms. The highest BCUT2D eigenvalue weighted by atomic mass is 35.5. The standard InChI is InChI=1S/C24H24ClN3O4/c25-20-7-3-18(4-8-20)14-28-24(30)19(13-26)12-17-5-9-21(10-6-17)32-16-23(29)27-15-22-2-1-11-31-22/h3-10,12,22H,1-2,11,14-16H2,(H,27,29)(H,28,30)/b19-12+/t22-/m0/s1. The number of halogens is 1. The molecule has 1 aliphatic rings. The van der Waals surface area contributed by atoms with Crippen LogP contribution in [0.3, 0.4) is 0 Å². The Bertz CT molecular complexity index is 991. The molecule has 7 nitrogen and oxygen atoms in total. The fourth-order valence-corrected chi connectivity index (χ4v) is 3.21. The van der Waals surface area contributed by atoms with E-state index >= 15 is 0 Å². The van der Waals surface area contributed by atoms with E-state index in [0.29, 0.717) is 22.9 Å². The molecule has 0 radical (unpaired) electrons. The van der Waals surface area contributed by atoms with Gasteiger partial charge in [-0.2, -0.15) is 5.26 Å². The molecule has 2 aromatic carbocycles. The Hall–Kier alpha value is -3.34. The van der Waals surface area contributed by atoms with Gasteiger partial charge in [0.1, 0.15) is 17.4 Å². The van der Waals surface area contributed by atoms with Crippen molar-refractivity contribution < 1.29 is 19.1 Å². The molecule has 0 aliphatic carbocycles. The van der Waals surface area contributed by atoms with Crippen molar-refractivity contribution in [1.82, 2.24) is 10.6 Å². The van der Waals surface area contributed by atoms with E-state index < -0.39 is 5.91 Å². The third kappa shape index (κ3) is 7.41. The van der Waals surface area contributed by atoms with Crippen LogP contribution in [-0.2, 0) is 20.9 Å². The number of hydrogen-bond acceptors (Lipinski definition) is 5. The first kappa shape index (κ1) is 23.3. The van der Waals surface area contributed by atoms with Gasteiger partial charge in [-0.1, -0.05) is 35.9 Å². The van der Waals surface area contributed by atoms with Gasteiger partial charge in [0, 0.05) is 24.7 Å². The first-order valence-electron chi connectivity index (χ1n) is 10.3. The van der Waals surface area contributed by atoms with Crippen LogP contribution in [0.1, 0.15) is 24.0 Å². The SMILES string of the molecule is N#C/C(=C\c1ccc(OCC(=O)NC[C@@H]2CCCO2)cc1)C(=O)NCc1ccc(Cl)cc1. The van der Waals surface area contributed by atoms with Gasteiger partial charge >= 0.3 is 0 Å². The lowest BCUT2D eigenvalue weighted by Crippen LogP contribution is -2.35. The average Bonchev–Trinajstić information content (AvgIpc) is 3.34. The van der Waals surface area contributed by atoms with Crippen molar-refractivity contribution in [2.45, 2.75) is 25.5 Å². The summed E-state index contributed by atoms with van der Waals surface area (Å²) in [5.74, 6) is -0.167. The van der Waals surface area contributed by atoms with E-state index in [2.05, 4.69) is 10.6 Å². The van der Waals surface area contributed by atoms with Crippen LogP contribution in [0.25, 0.3) is 6.08 Å². The second-order valence-corrected chi connectivity index (χ2v) is 7.71. The van der Waals surface area contributed by atoms with Crippen LogP contribution < -0.4 is 15.4 Å². The summed E-state index contributed by atoms with van der Waals surface area (Å²) >= 11 is 5.85. The van der Waals surface area contributed by atoms with Gasteiger partial charge in [-0.05, 0) is 54.3 Å². The average molecular weight is 454 g/mol. The van der Waals surface area contributed by atoms with Crippen LogP contribution in [0.5, 0.6) is 5.75 Å².